The van der Waals surface area contributed by atoms with Gasteiger partial charge in [0.2, 0.25) is 5.91 Å². The average molecular weight is 377 g/mol. The first-order valence-corrected chi connectivity index (χ1v) is 10.1. The Kier molecular flexibility index (Phi) is 5.44. The molecule has 1 atom stereocenters. The normalized spacial score (nSPS) is 16.4. The molecule has 1 amide bonds. The maximum Gasteiger partial charge on any atom is 0.230 e. The zero-order chi connectivity index (χ0) is 19.5. The lowest BCUT2D eigenvalue weighted by Crippen LogP contribution is -2.49. The fourth-order valence-corrected chi connectivity index (χ4v) is 4.12. The molecule has 4 rings (SSSR count). The third-order valence-electron chi connectivity index (χ3n) is 5.84. The molecule has 2 aromatic carbocycles. The number of amides is 1. The summed E-state index contributed by atoms with van der Waals surface area (Å²) in [6.45, 7) is 6.26. The van der Waals surface area contributed by atoms with Gasteiger partial charge in [0.05, 0.1) is 23.5 Å². The van der Waals surface area contributed by atoms with Gasteiger partial charge in [0.1, 0.15) is 5.82 Å². The lowest BCUT2D eigenvalue weighted by Gasteiger charge is -2.36. The van der Waals surface area contributed by atoms with Crippen LogP contribution >= 0.6 is 0 Å². The predicted molar refractivity (Wildman–Crippen MR) is 112 cm³/mol. The Morgan fingerprint density at radius 3 is 2.36 bits per heavy atom. The van der Waals surface area contributed by atoms with Gasteiger partial charge in [0.15, 0.2) is 0 Å². The van der Waals surface area contributed by atoms with Crippen molar-refractivity contribution < 1.29 is 4.79 Å². The van der Waals surface area contributed by atoms with E-state index in [-0.39, 0.29) is 11.8 Å². The highest BCUT2D eigenvalue weighted by Gasteiger charge is 2.27. The molecule has 1 aromatic heterocycles. The van der Waals surface area contributed by atoms with Crippen LogP contribution in [0.5, 0.6) is 0 Å². The molecule has 0 radical (unpaired) electrons. The second-order valence-electron chi connectivity index (χ2n) is 7.55. The highest BCUT2D eigenvalue weighted by Crippen LogP contribution is 2.23. The van der Waals surface area contributed by atoms with Gasteiger partial charge < -0.3 is 9.47 Å². The lowest BCUT2D eigenvalue weighted by atomic mass is 9.95. The zero-order valence-electron chi connectivity index (χ0n) is 16.7. The quantitative estimate of drug-likeness (QED) is 0.685. The summed E-state index contributed by atoms with van der Waals surface area (Å²) in [5, 5.41) is 0. The molecule has 0 N–H and O–H groups in total. The fourth-order valence-electron chi connectivity index (χ4n) is 4.12. The van der Waals surface area contributed by atoms with Crippen molar-refractivity contribution in [1.82, 2.24) is 19.4 Å². The first kappa shape index (κ1) is 18.7. The van der Waals surface area contributed by atoms with Crippen LogP contribution in [0.1, 0.15) is 30.7 Å². The standard InChI is InChI=1S/C23H28N4O/c1-3-19(18-9-5-4-6-10-18)23(28)27-15-13-26(14-16-27)17-22-24-20-11-7-8-12-21(20)25(22)2/h4-12,19H,3,13-17H2,1-2H3. The maximum absolute atomic E-state index is 13.1. The molecular formula is C23H28N4O. The van der Waals surface area contributed by atoms with Crippen molar-refractivity contribution in [3.8, 4) is 0 Å². The van der Waals surface area contributed by atoms with Crippen LogP contribution in [0.4, 0.5) is 0 Å². The Labute approximate surface area is 166 Å². The lowest BCUT2D eigenvalue weighted by molar-refractivity contribution is -0.134. The largest absolute Gasteiger partial charge is 0.340 e. The van der Waals surface area contributed by atoms with Gasteiger partial charge in [0.25, 0.3) is 0 Å². The molecule has 5 nitrogen and oxygen atoms in total. The van der Waals surface area contributed by atoms with Crippen LogP contribution in [0.25, 0.3) is 11.0 Å². The predicted octanol–water partition coefficient (Wildman–Crippen LogP) is 3.41. The topological polar surface area (TPSA) is 41.4 Å². The van der Waals surface area contributed by atoms with E-state index in [0.717, 1.165) is 56.0 Å². The molecule has 5 heteroatoms. The van der Waals surface area contributed by atoms with Gasteiger partial charge in [0, 0.05) is 33.2 Å². The number of piperazine rings is 1. The number of benzene rings is 2. The molecule has 28 heavy (non-hydrogen) atoms. The number of nitrogens with zero attached hydrogens (tertiary/aromatic N) is 4. The third-order valence-corrected chi connectivity index (χ3v) is 5.84. The summed E-state index contributed by atoms with van der Waals surface area (Å²) in [5.41, 5.74) is 3.33. The van der Waals surface area contributed by atoms with Crippen molar-refractivity contribution in [1.29, 1.82) is 0 Å². The third kappa shape index (κ3) is 3.67. The number of aryl methyl sites for hydroxylation is 1. The van der Waals surface area contributed by atoms with E-state index in [1.54, 1.807) is 0 Å². The van der Waals surface area contributed by atoms with E-state index >= 15 is 0 Å². The molecule has 0 aliphatic carbocycles. The van der Waals surface area contributed by atoms with E-state index in [0.29, 0.717) is 0 Å². The van der Waals surface area contributed by atoms with Crippen LogP contribution in [0, 0.1) is 0 Å². The van der Waals surface area contributed by atoms with E-state index in [2.05, 4.69) is 53.8 Å². The Morgan fingerprint density at radius 1 is 1.00 bits per heavy atom. The SMILES string of the molecule is CCC(C(=O)N1CCN(Cc2nc3ccccc3n2C)CC1)c1ccccc1. The molecule has 1 unspecified atom stereocenters. The van der Waals surface area contributed by atoms with E-state index in [4.69, 9.17) is 4.98 Å². The van der Waals surface area contributed by atoms with Crippen LogP contribution in [0.15, 0.2) is 54.6 Å². The van der Waals surface area contributed by atoms with Crippen LogP contribution < -0.4 is 0 Å². The van der Waals surface area contributed by atoms with Gasteiger partial charge in [-0.2, -0.15) is 0 Å². The van der Waals surface area contributed by atoms with E-state index in [1.807, 2.05) is 29.2 Å². The fraction of sp³-hybridized carbons (Fsp3) is 0.391. The number of hydrogen-bond acceptors (Lipinski definition) is 3. The smallest absolute Gasteiger partial charge is 0.230 e. The highest BCUT2D eigenvalue weighted by atomic mass is 16.2. The molecule has 146 valence electrons. The van der Waals surface area contributed by atoms with Crippen LogP contribution in [-0.4, -0.2) is 51.4 Å². The number of para-hydroxylation sites is 2. The molecule has 1 saturated heterocycles. The monoisotopic (exact) mass is 376 g/mol. The molecule has 0 bridgehead atoms. The minimum absolute atomic E-state index is 0.0346. The Balaban J connectivity index is 1.39. The summed E-state index contributed by atoms with van der Waals surface area (Å²) in [6.07, 6.45) is 0.836. The Hall–Kier alpha value is -2.66. The van der Waals surface area contributed by atoms with E-state index < -0.39 is 0 Å². The van der Waals surface area contributed by atoms with Crippen LogP contribution in [-0.2, 0) is 18.4 Å². The second kappa shape index (κ2) is 8.15. The van der Waals surface area contributed by atoms with Gasteiger partial charge in [-0.15, -0.1) is 0 Å². The summed E-state index contributed by atoms with van der Waals surface area (Å²) in [4.78, 5) is 22.3. The second-order valence-corrected chi connectivity index (χ2v) is 7.55. The number of imidazole rings is 1. The first-order chi connectivity index (χ1) is 13.7. The molecule has 2 heterocycles. The number of carbonyl (C=O) groups excluding carboxylic acids is 1. The minimum Gasteiger partial charge on any atom is -0.340 e. The summed E-state index contributed by atoms with van der Waals surface area (Å²) in [7, 11) is 2.08. The van der Waals surface area contributed by atoms with E-state index in [9.17, 15) is 4.79 Å². The van der Waals surface area contributed by atoms with Crippen molar-refractivity contribution >= 4 is 16.9 Å². The molecule has 1 aliphatic heterocycles. The highest BCUT2D eigenvalue weighted by molar-refractivity contribution is 5.83. The molecular weight excluding hydrogens is 348 g/mol. The molecule has 1 fully saturated rings. The van der Waals surface area contributed by atoms with Gasteiger partial charge in [-0.05, 0) is 24.1 Å². The molecule has 3 aromatic rings. The van der Waals surface area contributed by atoms with Crippen LogP contribution in [0.2, 0.25) is 0 Å². The van der Waals surface area contributed by atoms with Crippen molar-refractivity contribution in [2.45, 2.75) is 25.8 Å². The summed E-state index contributed by atoms with van der Waals surface area (Å²) >= 11 is 0. The molecule has 0 spiro atoms. The summed E-state index contributed by atoms with van der Waals surface area (Å²) < 4.78 is 2.18. The van der Waals surface area contributed by atoms with Crippen molar-refractivity contribution in [2.75, 3.05) is 26.2 Å². The van der Waals surface area contributed by atoms with Crippen LogP contribution in [0.3, 0.4) is 0 Å². The Bertz CT molecular complexity index is 942. The van der Waals surface area contributed by atoms with Gasteiger partial charge in [-0.3, -0.25) is 9.69 Å². The summed E-state index contributed by atoms with van der Waals surface area (Å²) in [6, 6.07) is 18.4. The summed E-state index contributed by atoms with van der Waals surface area (Å²) in [5.74, 6) is 1.31. The number of hydrogen-bond donors (Lipinski definition) is 0. The van der Waals surface area contributed by atoms with Crippen molar-refractivity contribution in [3.05, 3.63) is 66.0 Å². The first-order valence-electron chi connectivity index (χ1n) is 10.1. The average Bonchev–Trinajstić information content (AvgIpc) is 3.05. The number of aromatic nitrogens is 2. The van der Waals surface area contributed by atoms with Gasteiger partial charge >= 0.3 is 0 Å². The van der Waals surface area contributed by atoms with Crippen molar-refractivity contribution in [3.63, 3.8) is 0 Å². The minimum atomic E-state index is -0.0346. The van der Waals surface area contributed by atoms with E-state index in [1.165, 1.54) is 5.52 Å². The van der Waals surface area contributed by atoms with Gasteiger partial charge in [-0.1, -0.05) is 49.4 Å². The maximum atomic E-state index is 13.1. The number of carbonyl (C=O) groups is 1. The van der Waals surface area contributed by atoms with Crippen molar-refractivity contribution in [2.24, 2.45) is 7.05 Å². The van der Waals surface area contributed by atoms with Gasteiger partial charge in [-0.25, -0.2) is 4.98 Å². The number of rotatable bonds is 5. The molecule has 0 saturated carbocycles. The zero-order valence-corrected chi connectivity index (χ0v) is 16.7. The number of fused-ring (bicyclic) bond motifs is 1. The Morgan fingerprint density at radius 2 is 1.68 bits per heavy atom. The molecule has 1 aliphatic rings.